The molecule has 26 heavy (non-hydrogen) atoms. The molecule has 4 atom stereocenters. The first kappa shape index (κ1) is 20.6. The van der Waals surface area contributed by atoms with Crippen LogP contribution in [-0.2, 0) is 14.4 Å². The van der Waals surface area contributed by atoms with E-state index in [-0.39, 0.29) is 35.0 Å². The Bertz CT molecular complexity index is 551. The summed E-state index contributed by atoms with van der Waals surface area (Å²) in [5.74, 6) is -0.482. The molecule has 2 saturated heterocycles. The summed E-state index contributed by atoms with van der Waals surface area (Å²) in [5, 5.41) is 2.77. The smallest absolute Gasteiger partial charge is 0.256 e. The summed E-state index contributed by atoms with van der Waals surface area (Å²) in [5.41, 5.74) is 11.5. The first-order valence-corrected chi connectivity index (χ1v) is 9.52. The van der Waals surface area contributed by atoms with Crippen molar-refractivity contribution in [2.75, 3.05) is 19.6 Å². The minimum atomic E-state index is -0.598. The summed E-state index contributed by atoms with van der Waals surface area (Å²) >= 11 is 0. The predicted octanol–water partition coefficient (Wildman–Crippen LogP) is -0.256. The van der Waals surface area contributed by atoms with Gasteiger partial charge in [-0.15, -0.1) is 0 Å². The number of rotatable bonds is 7. The van der Waals surface area contributed by atoms with Crippen LogP contribution in [0.5, 0.6) is 0 Å². The molecule has 2 rings (SSSR count). The van der Waals surface area contributed by atoms with Crippen LogP contribution >= 0.6 is 0 Å². The monoisotopic (exact) mass is 367 g/mol. The zero-order valence-electron chi connectivity index (χ0n) is 16.3. The van der Waals surface area contributed by atoms with Gasteiger partial charge in [-0.2, -0.15) is 0 Å². The molecule has 3 amide bonds. The lowest BCUT2D eigenvalue weighted by molar-refractivity contribution is -0.140. The first-order chi connectivity index (χ1) is 12.2. The molecule has 2 fully saturated rings. The van der Waals surface area contributed by atoms with E-state index in [1.165, 1.54) is 0 Å². The van der Waals surface area contributed by atoms with Crippen molar-refractivity contribution < 1.29 is 14.4 Å². The van der Waals surface area contributed by atoms with Crippen LogP contribution < -0.4 is 21.9 Å². The molecule has 0 aromatic carbocycles. The lowest BCUT2D eigenvalue weighted by Crippen LogP contribution is -2.55. The van der Waals surface area contributed by atoms with Crippen LogP contribution in [0.2, 0.25) is 0 Å². The predicted molar refractivity (Wildman–Crippen MR) is 98.6 cm³/mol. The molecule has 0 aromatic rings. The molecule has 2 aliphatic rings. The first-order valence-electron chi connectivity index (χ1n) is 9.52. The molecule has 0 aromatic heterocycles. The molecule has 5 N–H and O–H groups in total. The molecule has 0 spiro atoms. The van der Waals surface area contributed by atoms with E-state index >= 15 is 0 Å². The van der Waals surface area contributed by atoms with E-state index in [1.54, 1.807) is 4.90 Å². The minimum Gasteiger partial charge on any atom is -0.356 e. The van der Waals surface area contributed by atoms with Crippen LogP contribution in [0.3, 0.4) is 0 Å². The van der Waals surface area contributed by atoms with Gasteiger partial charge in [0.05, 0.1) is 12.0 Å². The van der Waals surface area contributed by atoms with E-state index < -0.39 is 12.1 Å². The SMILES string of the molecule is CC[C@H](C)[C@H](N)C(=O)N1CC(C)(C)C[C@H]1C(=O)NNC[C@@H]1CCNC1=O. The highest BCUT2D eigenvalue weighted by Crippen LogP contribution is 2.34. The van der Waals surface area contributed by atoms with Crippen LogP contribution in [0.15, 0.2) is 0 Å². The van der Waals surface area contributed by atoms with Crippen molar-refractivity contribution in [2.24, 2.45) is 23.0 Å². The lowest BCUT2D eigenvalue weighted by atomic mass is 9.90. The quantitative estimate of drug-likeness (QED) is 0.463. The fraction of sp³-hybridized carbons (Fsp3) is 0.833. The van der Waals surface area contributed by atoms with Crippen molar-refractivity contribution >= 4 is 17.7 Å². The summed E-state index contributed by atoms with van der Waals surface area (Å²) in [6.45, 7) is 9.61. The second-order valence-corrected chi connectivity index (χ2v) is 8.41. The third-order valence-electron chi connectivity index (χ3n) is 5.57. The van der Waals surface area contributed by atoms with E-state index in [0.29, 0.717) is 26.1 Å². The molecule has 0 aliphatic carbocycles. The highest BCUT2D eigenvalue weighted by atomic mass is 16.2. The molecule has 8 nitrogen and oxygen atoms in total. The summed E-state index contributed by atoms with van der Waals surface area (Å²) < 4.78 is 0. The van der Waals surface area contributed by atoms with Crippen LogP contribution in [0.25, 0.3) is 0 Å². The van der Waals surface area contributed by atoms with Crippen LogP contribution in [-0.4, -0.2) is 54.3 Å². The number of carbonyl (C=O) groups excluding carboxylic acids is 3. The second kappa shape index (κ2) is 8.35. The van der Waals surface area contributed by atoms with Crippen molar-refractivity contribution in [3.05, 3.63) is 0 Å². The van der Waals surface area contributed by atoms with Gasteiger partial charge in [0, 0.05) is 19.6 Å². The number of nitrogens with two attached hydrogens (primary N) is 1. The van der Waals surface area contributed by atoms with E-state index in [4.69, 9.17) is 5.73 Å². The zero-order chi connectivity index (χ0) is 19.5. The Morgan fingerprint density at radius 2 is 2.12 bits per heavy atom. The lowest BCUT2D eigenvalue weighted by Gasteiger charge is -2.29. The summed E-state index contributed by atoms with van der Waals surface area (Å²) in [7, 11) is 0. The van der Waals surface area contributed by atoms with Crippen LogP contribution in [0.4, 0.5) is 0 Å². The highest BCUT2D eigenvalue weighted by molar-refractivity contribution is 5.90. The standard InChI is InChI=1S/C18H33N5O3/c1-5-11(2)14(19)17(26)23-10-18(3,4)8-13(23)16(25)22-21-9-12-6-7-20-15(12)24/h11-14,21H,5-10,19H2,1-4H3,(H,20,24)(H,22,25)/t11-,12-,13-,14-/m0/s1. The van der Waals surface area contributed by atoms with Crippen molar-refractivity contribution in [2.45, 2.75) is 59.0 Å². The number of nitrogens with one attached hydrogen (secondary N) is 3. The Labute approximate surface area is 155 Å². The zero-order valence-corrected chi connectivity index (χ0v) is 16.3. The second-order valence-electron chi connectivity index (χ2n) is 8.41. The van der Waals surface area contributed by atoms with Crippen molar-refractivity contribution in [3.8, 4) is 0 Å². The van der Waals surface area contributed by atoms with Gasteiger partial charge in [-0.05, 0) is 24.2 Å². The molecule has 0 radical (unpaired) electrons. The topological polar surface area (TPSA) is 117 Å². The van der Waals surface area contributed by atoms with Gasteiger partial charge >= 0.3 is 0 Å². The molecular weight excluding hydrogens is 334 g/mol. The molecule has 8 heteroatoms. The third-order valence-corrected chi connectivity index (χ3v) is 5.57. The number of hydrogen-bond acceptors (Lipinski definition) is 5. The molecular formula is C18H33N5O3. The highest BCUT2D eigenvalue weighted by Gasteiger charge is 2.45. The van der Waals surface area contributed by atoms with E-state index in [2.05, 4.69) is 16.2 Å². The maximum absolute atomic E-state index is 12.8. The molecule has 0 unspecified atom stereocenters. The number of amides is 3. The largest absolute Gasteiger partial charge is 0.356 e. The molecule has 2 aliphatic heterocycles. The number of carbonyl (C=O) groups is 3. The maximum atomic E-state index is 12.8. The molecule has 2 heterocycles. The van der Waals surface area contributed by atoms with Gasteiger partial charge in [0.15, 0.2) is 0 Å². The van der Waals surface area contributed by atoms with Gasteiger partial charge in [0.2, 0.25) is 11.8 Å². The fourth-order valence-electron chi connectivity index (χ4n) is 3.61. The normalized spacial score (nSPS) is 27.1. The maximum Gasteiger partial charge on any atom is 0.256 e. The van der Waals surface area contributed by atoms with Crippen molar-refractivity contribution in [1.29, 1.82) is 0 Å². The Hall–Kier alpha value is -1.67. The Balaban J connectivity index is 1.96. The number of hydrazine groups is 1. The Morgan fingerprint density at radius 1 is 1.42 bits per heavy atom. The molecule has 0 bridgehead atoms. The minimum absolute atomic E-state index is 0.00470. The van der Waals surface area contributed by atoms with E-state index in [9.17, 15) is 14.4 Å². The third kappa shape index (κ3) is 4.73. The van der Waals surface area contributed by atoms with Crippen LogP contribution in [0, 0.1) is 17.3 Å². The molecule has 0 saturated carbocycles. The average Bonchev–Trinajstić information content (AvgIpc) is 3.15. The van der Waals surface area contributed by atoms with E-state index in [0.717, 1.165) is 12.8 Å². The van der Waals surface area contributed by atoms with E-state index in [1.807, 2.05) is 27.7 Å². The van der Waals surface area contributed by atoms with Crippen LogP contribution in [0.1, 0.15) is 47.0 Å². The Morgan fingerprint density at radius 3 is 2.69 bits per heavy atom. The number of nitrogens with zero attached hydrogens (tertiary/aromatic N) is 1. The Kier molecular flexibility index (Phi) is 6.63. The van der Waals surface area contributed by atoms with Gasteiger partial charge in [-0.3, -0.25) is 19.8 Å². The molecule has 148 valence electrons. The summed E-state index contributed by atoms with van der Waals surface area (Å²) in [6.07, 6.45) is 2.15. The van der Waals surface area contributed by atoms with Gasteiger partial charge in [-0.25, -0.2) is 5.43 Å². The van der Waals surface area contributed by atoms with Crippen molar-refractivity contribution in [3.63, 3.8) is 0 Å². The average molecular weight is 367 g/mol. The van der Waals surface area contributed by atoms with Crippen molar-refractivity contribution in [1.82, 2.24) is 21.1 Å². The van der Waals surface area contributed by atoms with Gasteiger partial charge in [0.1, 0.15) is 6.04 Å². The fourth-order valence-corrected chi connectivity index (χ4v) is 3.61. The van der Waals surface area contributed by atoms with Gasteiger partial charge in [0.25, 0.3) is 5.91 Å². The van der Waals surface area contributed by atoms with Gasteiger partial charge < -0.3 is 16.0 Å². The summed E-state index contributed by atoms with van der Waals surface area (Å²) in [4.78, 5) is 38.7. The number of likely N-dealkylation sites (tertiary alicyclic amines) is 1. The number of hydrogen-bond donors (Lipinski definition) is 4. The summed E-state index contributed by atoms with van der Waals surface area (Å²) in [6, 6.07) is -1.14. The van der Waals surface area contributed by atoms with Gasteiger partial charge in [-0.1, -0.05) is 34.1 Å².